The van der Waals surface area contributed by atoms with Gasteiger partial charge in [-0.15, -0.1) is 27.8 Å². The third-order valence-corrected chi connectivity index (χ3v) is 6.17. The number of thiazole rings is 1. The SMILES string of the molecule is Fc1ccc(-c2nc(CSc3nnnn3Cc3cccs3)cs2)cc1. The van der Waals surface area contributed by atoms with E-state index < -0.39 is 0 Å². The first-order valence-electron chi connectivity index (χ1n) is 7.39. The van der Waals surface area contributed by atoms with Crippen molar-refractivity contribution >= 4 is 34.4 Å². The summed E-state index contributed by atoms with van der Waals surface area (Å²) in [6.07, 6.45) is 0. The first-order chi connectivity index (χ1) is 12.3. The first-order valence-corrected chi connectivity index (χ1v) is 10.1. The Hall–Kier alpha value is -2.10. The summed E-state index contributed by atoms with van der Waals surface area (Å²) in [5.74, 6) is 0.441. The van der Waals surface area contributed by atoms with Gasteiger partial charge in [-0.25, -0.2) is 14.1 Å². The Kier molecular flexibility index (Phi) is 4.86. The number of benzene rings is 1. The summed E-state index contributed by atoms with van der Waals surface area (Å²) < 4.78 is 14.8. The van der Waals surface area contributed by atoms with Crippen LogP contribution in [0.25, 0.3) is 10.6 Å². The monoisotopic (exact) mass is 389 g/mol. The van der Waals surface area contributed by atoms with E-state index in [1.54, 1.807) is 51.2 Å². The molecule has 5 nitrogen and oxygen atoms in total. The van der Waals surface area contributed by atoms with Crippen LogP contribution in [-0.4, -0.2) is 25.2 Å². The Morgan fingerprint density at radius 3 is 2.80 bits per heavy atom. The fraction of sp³-hybridized carbons (Fsp3) is 0.125. The summed E-state index contributed by atoms with van der Waals surface area (Å²) in [4.78, 5) is 5.82. The molecule has 0 N–H and O–H groups in total. The zero-order chi connectivity index (χ0) is 17.1. The molecular weight excluding hydrogens is 377 g/mol. The van der Waals surface area contributed by atoms with Crippen LogP contribution in [0.4, 0.5) is 4.39 Å². The van der Waals surface area contributed by atoms with Crippen LogP contribution in [0.3, 0.4) is 0 Å². The number of tetrazole rings is 1. The van der Waals surface area contributed by atoms with Crippen molar-refractivity contribution in [1.82, 2.24) is 25.2 Å². The molecule has 9 heteroatoms. The van der Waals surface area contributed by atoms with Gasteiger partial charge in [0.25, 0.3) is 0 Å². The molecule has 25 heavy (non-hydrogen) atoms. The number of hydrogen-bond acceptors (Lipinski definition) is 7. The Morgan fingerprint density at radius 2 is 2.00 bits per heavy atom. The quantitative estimate of drug-likeness (QED) is 0.459. The summed E-state index contributed by atoms with van der Waals surface area (Å²) in [5, 5.41) is 17.6. The third-order valence-electron chi connectivity index (χ3n) is 3.38. The largest absolute Gasteiger partial charge is 0.240 e. The molecule has 0 saturated heterocycles. The Balaban J connectivity index is 1.42. The van der Waals surface area contributed by atoms with E-state index in [0.717, 1.165) is 21.4 Å². The van der Waals surface area contributed by atoms with Crippen molar-refractivity contribution in [3.8, 4) is 10.6 Å². The van der Waals surface area contributed by atoms with Crippen LogP contribution < -0.4 is 0 Å². The summed E-state index contributed by atoms with van der Waals surface area (Å²) in [5.41, 5.74) is 1.88. The summed E-state index contributed by atoms with van der Waals surface area (Å²) in [7, 11) is 0. The molecule has 3 aromatic heterocycles. The molecule has 1 aromatic carbocycles. The maximum atomic E-state index is 13.0. The van der Waals surface area contributed by atoms with Gasteiger partial charge in [0, 0.05) is 21.6 Å². The predicted molar refractivity (Wildman–Crippen MR) is 98.3 cm³/mol. The number of hydrogen-bond donors (Lipinski definition) is 0. The maximum Gasteiger partial charge on any atom is 0.210 e. The van der Waals surface area contributed by atoms with Gasteiger partial charge in [0.1, 0.15) is 10.8 Å². The number of halogens is 1. The lowest BCUT2D eigenvalue weighted by Crippen LogP contribution is -2.02. The van der Waals surface area contributed by atoms with E-state index in [9.17, 15) is 4.39 Å². The average molecular weight is 390 g/mol. The van der Waals surface area contributed by atoms with Crippen molar-refractivity contribution in [3.05, 3.63) is 63.5 Å². The fourth-order valence-corrected chi connectivity index (χ4v) is 4.57. The molecule has 0 radical (unpaired) electrons. The number of thiophene rings is 1. The van der Waals surface area contributed by atoms with E-state index in [0.29, 0.717) is 12.3 Å². The molecule has 0 aliphatic carbocycles. The van der Waals surface area contributed by atoms with Crippen LogP contribution >= 0.6 is 34.4 Å². The van der Waals surface area contributed by atoms with Crippen molar-refractivity contribution in [3.63, 3.8) is 0 Å². The molecule has 0 spiro atoms. The molecule has 0 saturated carbocycles. The molecule has 0 aliphatic rings. The van der Waals surface area contributed by atoms with Crippen LogP contribution in [0.15, 0.2) is 52.3 Å². The zero-order valence-electron chi connectivity index (χ0n) is 12.9. The van der Waals surface area contributed by atoms with Crippen LogP contribution in [-0.2, 0) is 12.3 Å². The second kappa shape index (κ2) is 7.42. The highest BCUT2D eigenvalue weighted by Crippen LogP contribution is 2.27. The molecule has 0 fully saturated rings. The Labute approximate surface area is 155 Å². The summed E-state index contributed by atoms with van der Waals surface area (Å²) in [6.45, 7) is 0.672. The minimum Gasteiger partial charge on any atom is -0.240 e. The second-order valence-electron chi connectivity index (χ2n) is 5.14. The molecule has 0 atom stereocenters. The van der Waals surface area contributed by atoms with Gasteiger partial charge in [-0.05, 0) is 46.1 Å². The van der Waals surface area contributed by atoms with Crippen molar-refractivity contribution in [2.24, 2.45) is 0 Å². The van der Waals surface area contributed by atoms with Crippen molar-refractivity contribution in [2.45, 2.75) is 17.5 Å². The number of aromatic nitrogens is 5. The lowest BCUT2D eigenvalue weighted by molar-refractivity contribution is 0.608. The van der Waals surface area contributed by atoms with Gasteiger partial charge in [0.05, 0.1) is 12.2 Å². The van der Waals surface area contributed by atoms with Crippen LogP contribution in [0.5, 0.6) is 0 Å². The molecule has 4 rings (SSSR count). The molecule has 0 bridgehead atoms. The van der Waals surface area contributed by atoms with Gasteiger partial charge in [0.15, 0.2) is 0 Å². The lowest BCUT2D eigenvalue weighted by atomic mass is 10.2. The Bertz CT molecular complexity index is 946. The highest BCUT2D eigenvalue weighted by atomic mass is 32.2. The van der Waals surface area contributed by atoms with E-state index in [2.05, 4.69) is 26.6 Å². The summed E-state index contributed by atoms with van der Waals surface area (Å²) >= 11 is 4.79. The average Bonchev–Trinajstić information content (AvgIpc) is 3.36. The highest BCUT2D eigenvalue weighted by molar-refractivity contribution is 7.98. The van der Waals surface area contributed by atoms with E-state index in [4.69, 9.17) is 0 Å². The summed E-state index contributed by atoms with van der Waals surface area (Å²) in [6, 6.07) is 10.5. The van der Waals surface area contributed by atoms with Crippen molar-refractivity contribution in [2.75, 3.05) is 0 Å². The molecule has 126 valence electrons. The minimum absolute atomic E-state index is 0.242. The molecule has 0 aliphatic heterocycles. The number of nitrogens with zero attached hydrogens (tertiary/aromatic N) is 5. The van der Waals surface area contributed by atoms with E-state index in [-0.39, 0.29) is 5.82 Å². The van der Waals surface area contributed by atoms with Gasteiger partial charge in [-0.1, -0.05) is 17.8 Å². The van der Waals surface area contributed by atoms with Gasteiger partial charge in [-0.3, -0.25) is 0 Å². The molecule has 0 unspecified atom stereocenters. The van der Waals surface area contributed by atoms with Crippen LogP contribution in [0, 0.1) is 5.82 Å². The predicted octanol–water partition coefficient (Wildman–Crippen LogP) is 4.34. The second-order valence-corrected chi connectivity index (χ2v) is 7.97. The Morgan fingerprint density at radius 1 is 1.12 bits per heavy atom. The minimum atomic E-state index is -0.242. The van der Waals surface area contributed by atoms with Crippen molar-refractivity contribution < 1.29 is 4.39 Å². The normalized spacial score (nSPS) is 11.1. The number of thioether (sulfide) groups is 1. The maximum absolute atomic E-state index is 13.0. The molecule has 0 amide bonds. The van der Waals surface area contributed by atoms with Crippen LogP contribution in [0.2, 0.25) is 0 Å². The standard InChI is InChI=1S/C16H12FN5S3/c17-12-5-3-11(4-6-12)15-18-13(9-24-15)10-25-16-19-20-21-22(16)8-14-2-1-7-23-14/h1-7,9H,8,10H2. The topological polar surface area (TPSA) is 56.5 Å². The van der Waals surface area contributed by atoms with E-state index >= 15 is 0 Å². The number of rotatable bonds is 6. The van der Waals surface area contributed by atoms with Gasteiger partial charge in [0.2, 0.25) is 5.16 Å². The molecular formula is C16H12FN5S3. The molecule has 4 aromatic rings. The molecule has 3 heterocycles. The lowest BCUT2D eigenvalue weighted by Gasteiger charge is -2.01. The van der Waals surface area contributed by atoms with Crippen LogP contribution in [0.1, 0.15) is 10.6 Å². The van der Waals surface area contributed by atoms with Crippen molar-refractivity contribution in [1.29, 1.82) is 0 Å². The first kappa shape index (κ1) is 16.4. The van der Waals surface area contributed by atoms with E-state index in [1.807, 2.05) is 16.8 Å². The highest BCUT2D eigenvalue weighted by Gasteiger charge is 2.11. The van der Waals surface area contributed by atoms with Gasteiger partial charge < -0.3 is 0 Å². The fourth-order valence-electron chi connectivity index (χ4n) is 2.19. The smallest absolute Gasteiger partial charge is 0.210 e. The van der Waals surface area contributed by atoms with Gasteiger partial charge in [-0.2, -0.15) is 0 Å². The van der Waals surface area contributed by atoms with E-state index in [1.165, 1.54) is 17.0 Å². The third kappa shape index (κ3) is 3.94. The van der Waals surface area contributed by atoms with Gasteiger partial charge >= 0.3 is 0 Å². The zero-order valence-corrected chi connectivity index (χ0v) is 15.3.